The van der Waals surface area contributed by atoms with Crippen LogP contribution in [0.15, 0.2) is 23.3 Å². The highest BCUT2D eigenvalue weighted by atomic mass is 127. The fraction of sp³-hybridized carbons (Fsp3) is 0.267. The first kappa shape index (κ1) is 15.1. The van der Waals surface area contributed by atoms with E-state index in [0.29, 0.717) is 24.0 Å². The van der Waals surface area contributed by atoms with Crippen LogP contribution in [-0.2, 0) is 9.59 Å². The van der Waals surface area contributed by atoms with Gasteiger partial charge in [-0.2, -0.15) is 0 Å². The molecular formula is C15H11FINO4. The number of anilines is 1. The Bertz CT molecular complexity index is 728. The van der Waals surface area contributed by atoms with Gasteiger partial charge in [0.2, 0.25) is 0 Å². The summed E-state index contributed by atoms with van der Waals surface area (Å²) in [5.41, 5.74) is 0.446. The van der Waals surface area contributed by atoms with Gasteiger partial charge in [-0.15, -0.1) is 0 Å². The minimum Gasteiger partial charge on any atom is -0.478 e. The summed E-state index contributed by atoms with van der Waals surface area (Å²) in [4.78, 5) is 36.8. The number of benzene rings is 1. The number of carboxylic acids is 1. The SMILES string of the molecule is O=C(O)c1cc(N2C(=O)C3=C(CCCC3)C2=O)c(F)cc1I. The van der Waals surface area contributed by atoms with Crippen LogP contribution >= 0.6 is 22.6 Å². The Kier molecular flexibility index (Phi) is 3.75. The minimum absolute atomic E-state index is 0.137. The summed E-state index contributed by atoms with van der Waals surface area (Å²) in [6.45, 7) is 0. The Morgan fingerprint density at radius 3 is 2.18 bits per heavy atom. The number of imide groups is 1. The number of nitrogens with zero attached hydrogens (tertiary/aromatic N) is 1. The average molecular weight is 415 g/mol. The normalized spacial score (nSPS) is 18.0. The van der Waals surface area contributed by atoms with Gasteiger partial charge in [-0.05, 0) is 60.4 Å². The van der Waals surface area contributed by atoms with Gasteiger partial charge in [0.15, 0.2) is 0 Å². The van der Waals surface area contributed by atoms with E-state index in [9.17, 15) is 18.8 Å². The van der Waals surface area contributed by atoms with Crippen LogP contribution in [0, 0.1) is 9.39 Å². The molecular weight excluding hydrogens is 404 g/mol. The molecule has 0 spiro atoms. The van der Waals surface area contributed by atoms with E-state index in [1.807, 2.05) is 0 Å². The van der Waals surface area contributed by atoms with Crippen LogP contribution in [0.5, 0.6) is 0 Å². The molecule has 0 saturated heterocycles. The number of carboxylic acid groups (broad SMARTS) is 1. The van der Waals surface area contributed by atoms with Gasteiger partial charge in [0.05, 0.1) is 11.3 Å². The van der Waals surface area contributed by atoms with Gasteiger partial charge >= 0.3 is 5.97 Å². The average Bonchev–Trinajstić information content (AvgIpc) is 2.72. The number of amides is 2. The van der Waals surface area contributed by atoms with E-state index in [-0.39, 0.29) is 14.8 Å². The predicted octanol–water partition coefficient (Wildman–Crippen LogP) is 2.87. The van der Waals surface area contributed by atoms with Crippen molar-refractivity contribution in [3.63, 3.8) is 0 Å². The van der Waals surface area contributed by atoms with E-state index in [2.05, 4.69) is 0 Å². The van der Waals surface area contributed by atoms with E-state index >= 15 is 0 Å². The van der Waals surface area contributed by atoms with Crippen LogP contribution in [0.1, 0.15) is 36.0 Å². The first-order chi connectivity index (χ1) is 10.4. The summed E-state index contributed by atoms with van der Waals surface area (Å²) in [5, 5.41) is 9.14. The van der Waals surface area contributed by atoms with Crippen LogP contribution in [0.2, 0.25) is 0 Å². The predicted molar refractivity (Wildman–Crippen MR) is 84.1 cm³/mol. The fourth-order valence-electron chi connectivity index (χ4n) is 2.83. The molecule has 1 aromatic carbocycles. The van der Waals surface area contributed by atoms with Crippen molar-refractivity contribution in [3.05, 3.63) is 38.2 Å². The van der Waals surface area contributed by atoms with Crippen molar-refractivity contribution in [2.45, 2.75) is 25.7 Å². The van der Waals surface area contributed by atoms with E-state index in [4.69, 9.17) is 5.11 Å². The molecule has 1 heterocycles. The summed E-state index contributed by atoms with van der Waals surface area (Å²) in [5.74, 6) is -3.08. The molecule has 0 atom stereocenters. The lowest BCUT2D eigenvalue weighted by Crippen LogP contribution is -2.32. The lowest BCUT2D eigenvalue weighted by molar-refractivity contribution is -0.120. The minimum atomic E-state index is -1.23. The van der Waals surface area contributed by atoms with Gasteiger partial charge in [0, 0.05) is 14.7 Å². The number of carbonyl (C=O) groups is 3. The molecule has 1 aliphatic heterocycles. The molecule has 5 nitrogen and oxygen atoms in total. The summed E-state index contributed by atoms with van der Waals surface area (Å²) in [6.07, 6.45) is 2.66. The lowest BCUT2D eigenvalue weighted by Gasteiger charge is -2.17. The molecule has 0 bridgehead atoms. The monoisotopic (exact) mass is 415 g/mol. The van der Waals surface area contributed by atoms with Gasteiger partial charge in [0.1, 0.15) is 5.82 Å². The molecule has 22 heavy (non-hydrogen) atoms. The molecule has 7 heteroatoms. The molecule has 0 unspecified atom stereocenters. The molecule has 0 radical (unpaired) electrons. The standard InChI is InChI=1S/C15H11FINO4/c16-10-6-11(17)9(15(21)22)5-12(10)18-13(19)7-3-1-2-4-8(7)14(18)20/h5-6H,1-4H2,(H,21,22). The van der Waals surface area contributed by atoms with Crippen molar-refractivity contribution in [3.8, 4) is 0 Å². The van der Waals surface area contributed by atoms with Gasteiger partial charge in [-0.3, -0.25) is 9.59 Å². The Hall–Kier alpha value is -1.77. The number of hydrogen-bond acceptors (Lipinski definition) is 3. The van der Waals surface area contributed by atoms with E-state index in [1.165, 1.54) is 0 Å². The van der Waals surface area contributed by atoms with Gasteiger partial charge in [-0.25, -0.2) is 14.1 Å². The highest BCUT2D eigenvalue weighted by Gasteiger charge is 2.41. The quantitative estimate of drug-likeness (QED) is 0.596. The van der Waals surface area contributed by atoms with Crippen LogP contribution < -0.4 is 4.90 Å². The second-order valence-electron chi connectivity index (χ2n) is 5.20. The van der Waals surface area contributed by atoms with Gasteiger partial charge in [-0.1, -0.05) is 0 Å². The zero-order valence-electron chi connectivity index (χ0n) is 11.4. The zero-order valence-corrected chi connectivity index (χ0v) is 13.5. The molecule has 0 saturated carbocycles. The smallest absolute Gasteiger partial charge is 0.336 e. The van der Waals surface area contributed by atoms with Crippen LogP contribution in [0.25, 0.3) is 0 Å². The number of halogens is 2. The molecule has 1 N–H and O–H groups in total. The van der Waals surface area contributed by atoms with Crippen LogP contribution in [0.3, 0.4) is 0 Å². The molecule has 0 aromatic heterocycles. The Labute approximate surface area is 138 Å². The van der Waals surface area contributed by atoms with Crippen molar-refractivity contribution in [2.24, 2.45) is 0 Å². The van der Waals surface area contributed by atoms with Gasteiger partial charge < -0.3 is 5.11 Å². The first-order valence-electron chi connectivity index (χ1n) is 6.75. The molecule has 1 aromatic rings. The maximum absolute atomic E-state index is 14.2. The third-order valence-electron chi connectivity index (χ3n) is 3.90. The van der Waals surface area contributed by atoms with E-state index < -0.39 is 23.6 Å². The topological polar surface area (TPSA) is 74.7 Å². The van der Waals surface area contributed by atoms with Crippen molar-refractivity contribution < 1.29 is 23.9 Å². The van der Waals surface area contributed by atoms with Crippen molar-refractivity contribution in [1.82, 2.24) is 0 Å². The van der Waals surface area contributed by atoms with Crippen LogP contribution in [0.4, 0.5) is 10.1 Å². The number of rotatable bonds is 2. The Morgan fingerprint density at radius 2 is 1.68 bits per heavy atom. The fourth-order valence-corrected chi connectivity index (χ4v) is 3.49. The molecule has 1 aliphatic carbocycles. The first-order valence-corrected chi connectivity index (χ1v) is 7.83. The third-order valence-corrected chi connectivity index (χ3v) is 4.79. The largest absolute Gasteiger partial charge is 0.478 e. The maximum Gasteiger partial charge on any atom is 0.336 e. The molecule has 2 amide bonds. The summed E-state index contributed by atoms with van der Waals surface area (Å²) >= 11 is 1.70. The number of hydrogen-bond donors (Lipinski definition) is 1. The van der Waals surface area contributed by atoms with Crippen molar-refractivity contribution >= 4 is 46.1 Å². The summed E-state index contributed by atoms with van der Waals surface area (Å²) < 4.78 is 14.4. The highest BCUT2D eigenvalue weighted by molar-refractivity contribution is 14.1. The molecule has 2 aliphatic rings. The lowest BCUT2D eigenvalue weighted by atomic mass is 9.93. The highest BCUT2D eigenvalue weighted by Crippen LogP contribution is 2.37. The van der Waals surface area contributed by atoms with Gasteiger partial charge in [0.25, 0.3) is 11.8 Å². The second kappa shape index (κ2) is 5.45. The Balaban J connectivity index is 2.09. The van der Waals surface area contributed by atoms with Crippen molar-refractivity contribution in [2.75, 3.05) is 4.90 Å². The second-order valence-corrected chi connectivity index (χ2v) is 6.36. The zero-order chi connectivity index (χ0) is 16.0. The Morgan fingerprint density at radius 1 is 1.14 bits per heavy atom. The molecule has 3 rings (SSSR count). The summed E-state index contributed by atoms with van der Waals surface area (Å²) in [7, 11) is 0. The molecule has 114 valence electrons. The maximum atomic E-state index is 14.2. The number of aromatic carboxylic acids is 1. The molecule has 0 fully saturated rings. The summed E-state index contributed by atoms with van der Waals surface area (Å²) in [6, 6.07) is 2.07. The van der Waals surface area contributed by atoms with E-state index in [0.717, 1.165) is 29.9 Å². The third kappa shape index (κ3) is 2.23. The van der Waals surface area contributed by atoms with Crippen LogP contribution in [-0.4, -0.2) is 22.9 Å². The number of carbonyl (C=O) groups excluding carboxylic acids is 2. The van der Waals surface area contributed by atoms with Crippen molar-refractivity contribution in [1.29, 1.82) is 0 Å². The van der Waals surface area contributed by atoms with E-state index in [1.54, 1.807) is 22.6 Å².